The van der Waals surface area contributed by atoms with Gasteiger partial charge >= 0.3 is 0 Å². The first-order valence-electron chi connectivity index (χ1n) is 9.27. The summed E-state index contributed by atoms with van der Waals surface area (Å²) in [5, 5.41) is 2.97. The molecule has 3 aromatic rings. The molecule has 3 rings (SSSR count). The Bertz CT molecular complexity index is 888. The molecule has 0 aliphatic heterocycles. The van der Waals surface area contributed by atoms with Crippen LogP contribution in [0.25, 0.3) is 0 Å². The molecule has 3 aromatic carbocycles. The monoisotopic (exact) mass is 359 g/mol. The van der Waals surface area contributed by atoms with Crippen LogP contribution in [0.15, 0.2) is 78.9 Å². The molecule has 0 atom stereocenters. The van der Waals surface area contributed by atoms with Crippen LogP contribution >= 0.6 is 0 Å². The number of carbonyl (C=O) groups is 1. The molecule has 0 spiro atoms. The average Bonchev–Trinajstić information content (AvgIpc) is 2.68. The van der Waals surface area contributed by atoms with Gasteiger partial charge < -0.3 is 10.1 Å². The predicted molar refractivity (Wildman–Crippen MR) is 110 cm³/mol. The molecule has 0 heterocycles. The van der Waals surface area contributed by atoms with Crippen molar-refractivity contribution >= 4 is 11.6 Å². The fourth-order valence-corrected chi connectivity index (χ4v) is 3.05. The van der Waals surface area contributed by atoms with Gasteiger partial charge in [-0.15, -0.1) is 0 Å². The van der Waals surface area contributed by atoms with Gasteiger partial charge in [-0.05, 0) is 34.7 Å². The highest BCUT2D eigenvalue weighted by Gasteiger charge is 2.11. The van der Waals surface area contributed by atoms with Crippen LogP contribution in [0, 0.1) is 0 Å². The summed E-state index contributed by atoms with van der Waals surface area (Å²) in [6.07, 6.45) is 0.773. The van der Waals surface area contributed by atoms with Gasteiger partial charge in [-0.25, -0.2) is 0 Å². The molecule has 0 radical (unpaired) electrons. The lowest BCUT2D eigenvalue weighted by atomic mass is 10.0. The van der Waals surface area contributed by atoms with Crippen LogP contribution in [0.4, 0.5) is 5.69 Å². The Labute approximate surface area is 161 Å². The Hall–Kier alpha value is -3.07. The van der Waals surface area contributed by atoms with Gasteiger partial charge in [-0.2, -0.15) is 0 Å². The molecule has 0 aromatic heterocycles. The van der Waals surface area contributed by atoms with Crippen molar-refractivity contribution in [3.05, 3.63) is 95.6 Å². The highest BCUT2D eigenvalue weighted by atomic mass is 16.5. The van der Waals surface area contributed by atoms with Crippen molar-refractivity contribution in [3.63, 3.8) is 0 Å². The molecule has 0 saturated carbocycles. The van der Waals surface area contributed by atoms with Crippen molar-refractivity contribution in [3.8, 4) is 5.75 Å². The Morgan fingerprint density at radius 2 is 1.56 bits per heavy atom. The van der Waals surface area contributed by atoms with Crippen molar-refractivity contribution in [2.75, 3.05) is 11.9 Å². The zero-order valence-corrected chi connectivity index (χ0v) is 15.8. The number of hydrogen-bond donors (Lipinski definition) is 1. The van der Waals surface area contributed by atoms with Crippen LogP contribution in [0.2, 0.25) is 0 Å². The third-order valence-electron chi connectivity index (χ3n) is 4.43. The minimum Gasteiger partial charge on any atom is -0.483 e. The number of benzene rings is 3. The summed E-state index contributed by atoms with van der Waals surface area (Å²) < 4.78 is 5.83. The van der Waals surface area contributed by atoms with Crippen LogP contribution < -0.4 is 10.1 Å². The number of carbonyl (C=O) groups excluding carboxylic acids is 1. The molecule has 0 unspecified atom stereocenters. The fraction of sp³-hybridized carbons (Fsp3) is 0.208. The molecule has 0 aliphatic carbocycles. The van der Waals surface area contributed by atoms with Gasteiger partial charge in [-0.3, -0.25) is 4.79 Å². The number of ether oxygens (including phenoxy) is 1. The van der Waals surface area contributed by atoms with Gasteiger partial charge in [0.05, 0.1) is 0 Å². The molecule has 1 amide bonds. The summed E-state index contributed by atoms with van der Waals surface area (Å²) >= 11 is 0. The maximum absolute atomic E-state index is 12.4. The van der Waals surface area contributed by atoms with E-state index in [0.29, 0.717) is 5.92 Å². The number of nitrogens with one attached hydrogen (secondary N) is 1. The van der Waals surface area contributed by atoms with Crippen LogP contribution in [0.5, 0.6) is 5.75 Å². The highest BCUT2D eigenvalue weighted by molar-refractivity contribution is 5.92. The number of anilines is 1. The Morgan fingerprint density at radius 3 is 2.33 bits per heavy atom. The van der Waals surface area contributed by atoms with E-state index >= 15 is 0 Å². The standard InChI is InChI=1S/C24H25NO2/c1-18(2)21-13-7-8-14-22(21)25-24(26)17-27-23-15-9-6-12-20(23)16-19-10-4-3-5-11-19/h3-15,18H,16-17H2,1-2H3,(H,25,26). The summed E-state index contributed by atoms with van der Waals surface area (Å²) in [5.41, 5.74) is 4.25. The van der Waals surface area contributed by atoms with Crippen molar-refractivity contribution < 1.29 is 9.53 Å². The number of rotatable bonds is 7. The second-order valence-corrected chi connectivity index (χ2v) is 6.85. The Balaban J connectivity index is 1.64. The summed E-state index contributed by atoms with van der Waals surface area (Å²) in [5.74, 6) is 0.931. The van der Waals surface area contributed by atoms with Gasteiger partial charge in [0.25, 0.3) is 5.91 Å². The Kier molecular flexibility index (Phi) is 6.26. The van der Waals surface area contributed by atoms with E-state index in [9.17, 15) is 4.79 Å². The quantitative estimate of drug-likeness (QED) is 0.612. The average molecular weight is 359 g/mol. The smallest absolute Gasteiger partial charge is 0.262 e. The van der Waals surface area contributed by atoms with Gasteiger partial charge in [0, 0.05) is 12.1 Å². The second kappa shape index (κ2) is 9.04. The molecule has 1 N–H and O–H groups in total. The minimum atomic E-state index is -0.155. The van der Waals surface area contributed by atoms with Gasteiger partial charge in [-0.1, -0.05) is 80.6 Å². The first-order chi connectivity index (χ1) is 13.1. The van der Waals surface area contributed by atoms with Crippen LogP contribution in [0.1, 0.15) is 36.5 Å². The zero-order valence-electron chi connectivity index (χ0n) is 15.8. The van der Waals surface area contributed by atoms with Crippen molar-refractivity contribution in [2.24, 2.45) is 0 Å². The lowest BCUT2D eigenvalue weighted by Gasteiger charge is -2.15. The minimum absolute atomic E-state index is 0.0156. The van der Waals surface area contributed by atoms with Crippen LogP contribution in [-0.4, -0.2) is 12.5 Å². The zero-order chi connectivity index (χ0) is 19.1. The first kappa shape index (κ1) is 18.7. The van der Waals surface area contributed by atoms with E-state index in [-0.39, 0.29) is 12.5 Å². The number of hydrogen-bond acceptors (Lipinski definition) is 2. The lowest BCUT2D eigenvalue weighted by Crippen LogP contribution is -2.21. The van der Waals surface area contributed by atoms with Crippen molar-refractivity contribution in [1.82, 2.24) is 0 Å². The molecule has 138 valence electrons. The van der Waals surface area contributed by atoms with E-state index in [1.807, 2.05) is 66.7 Å². The van der Waals surface area contributed by atoms with Crippen molar-refractivity contribution in [1.29, 1.82) is 0 Å². The van der Waals surface area contributed by atoms with E-state index in [1.54, 1.807) is 0 Å². The molecule has 0 aliphatic rings. The van der Waals surface area contributed by atoms with E-state index in [2.05, 4.69) is 31.3 Å². The fourth-order valence-electron chi connectivity index (χ4n) is 3.05. The van der Waals surface area contributed by atoms with E-state index in [0.717, 1.165) is 29.0 Å². The molecular weight excluding hydrogens is 334 g/mol. The second-order valence-electron chi connectivity index (χ2n) is 6.85. The molecule has 3 nitrogen and oxygen atoms in total. The third-order valence-corrected chi connectivity index (χ3v) is 4.43. The lowest BCUT2D eigenvalue weighted by molar-refractivity contribution is -0.118. The molecule has 0 bridgehead atoms. The maximum Gasteiger partial charge on any atom is 0.262 e. The normalized spacial score (nSPS) is 10.6. The van der Waals surface area contributed by atoms with Crippen LogP contribution in [0.3, 0.4) is 0 Å². The topological polar surface area (TPSA) is 38.3 Å². The van der Waals surface area contributed by atoms with Gasteiger partial charge in [0.15, 0.2) is 6.61 Å². The molecular formula is C24H25NO2. The van der Waals surface area contributed by atoms with E-state index in [4.69, 9.17) is 4.74 Å². The summed E-state index contributed by atoms with van der Waals surface area (Å²) in [4.78, 5) is 12.4. The van der Waals surface area contributed by atoms with E-state index < -0.39 is 0 Å². The highest BCUT2D eigenvalue weighted by Crippen LogP contribution is 2.24. The summed E-state index contributed by atoms with van der Waals surface area (Å²) in [7, 11) is 0. The van der Waals surface area contributed by atoms with Gasteiger partial charge in [0.1, 0.15) is 5.75 Å². The number of para-hydroxylation sites is 2. The number of amides is 1. The molecule has 0 fully saturated rings. The summed E-state index contributed by atoms with van der Waals surface area (Å²) in [6, 6.07) is 26.0. The Morgan fingerprint density at radius 1 is 0.889 bits per heavy atom. The third kappa shape index (κ3) is 5.20. The molecule has 0 saturated heterocycles. The van der Waals surface area contributed by atoms with Crippen LogP contribution in [-0.2, 0) is 11.2 Å². The SMILES string of the molecule is CC(C)c1ccccc1NC(=O)COc1ccccc1Cc1ccccc1. The largest absolute Gasteiger partial charge is 0.483 e. The first-order valence-corrected chi connectivity index (χ1v) is 9.27. The maximum atomic E-state index is 12.4. The van der Waals surface area contributed by atoms with Gasteiger partial charge in [0.2, 0.25) is 0 Å². The predicted octanol–water partition coefficient (Wildman–Crippen LogP) is 5.42. The summed E-state index contributed by atoms with van der Waals surface area (Å²) in [6.45, 7) is 4.21. The molecule has 27 heavy (non-hydrogen) atoms. The molecule has 3 heteroatoms. The van der Waals surface area contributed by atoms with E-state index in [1.165, 1.54) is 5.56 Å². The van der Waals surface area contributed by atoms with Crippen molar-refractivity contribution in [2.45, 2.75) is 26.2 Å².